The maximum absolute atomic E-state index is 7.08. The minimum Gasteiger partial charge on any atom is -0.456 e. The van der Waals surface area contributed by atoms with Crippen LogP contribution in [0.3, 0.4) is 0 Å². The lowest BCUT2D eigenvalue weighted by atomic mass is 9.42. The average molecular weight is 897 g/mol. The Bertz CT molecular complexity index is 3580. The summed E-state index contributed by atoms with van der Waals surface area (Å²) >= 11 is 0. The molecule has 1 aromatic heterocycles. The molecule has 3 heterocycles. The van der Waals surface area contributed by atoms with Crippen molar-refractivity contribution in [1.29, 1.82) is 0 Å². The number of anilines is 5. The lowest BCUT2D eigenvalue weighted by Gasteiger charge is -2.49. The number of hydrogen-bond donors (Lipinski definition) is 0. The number of furan rings is 1. The molecule has 69 heavy (non-hydrogen) atoms. The van der Waals surface area contributed by atoms with E-state index in [9.17, 15) is 0 Å². The Morgan fingerprint density at radius 2 is 0.971 bits per heavy atom. The van der Waals surface area contributed by atoms with Gasteiger partial charge in [-0.05, 0) is 163 Å². The summed E-state index contributed by atoms with van der Waals surface area (Å²) in [7, 11) is 0. The minimum atomic E-state index is -0.142. The summed E-state index contributed by atoms with van der Waals surface area (Å²) < 4.78 is 7.08. The zero-order chi connectivity index (χ0) is 47.4. The molecule has 0 saturated carbocycles. The largest absolute Gasteiger partial charge is 0.456 e. The van der Waals surface area contributed by atoms with E-state index in [4.69, 9.17) is 4.42 Å². The van der Waals surface area contributed by atoms with E-state index in [1.165, 1.54) is 112 Å². The molecule has 0 bridgehead atoms. The van der Waals surface area contributed by atoms with Crippen molar-refractivity contribution >= 4 is 68.1 Å². The molecule has 3 nitrogen and oxygen atoms in total. The molecule has 8 aromatic carbocycles. The van der Waals surface area contributed by atoms with Crippen LogP contribution in [0.25, 0.3) is 55.3 Å². The minimum absolute atomic E-state index is 0.00913. The summed E-state index contributed by atoms with van der Waals surface area (Å²) in [5.41, 5.74) is 25.3. The molecule has 0 radical (unpaired) electrons. The highest BCUT2D eigenvalue weighted by Gasteiger charge is 2.49. The van der Waals surface area contributed by atoms with Crippen molar-refractivity contribution in [3.63, 3.8) is 0 Å². The van der Waals surface area contributed by atoms with Crippen molar-refractivity contribution in [2.45, 2.75) is 110 Å². The molecular weight excluding hydrogens is 836 g/mol. The van der Waals surface area contributed by atoms with Crippen LogP contribution in [-0.4, -0.2) is 6.85 Å². The van der Waals surface area contributed by atoms with Crippen LogP contribution in [0.2, 0.25) is 0 Å². The van der Waals surface area contributed by atoms with Crippen LogP contribution in [0.4, 0.5) is 28.4 Å². The Morgan fingerprint density at radius 3 is 1.61 bits per heavy atom. The topological polar surface area (TPSA) is 19.6 Å². The van der Waals surface area contributed by atoms with E-state index >= 15 is 0 Å². The summed E-state index contributed by atoms with van der Waals surface area (Å²) in [5, 5.41) is 2.34. The Morgan fingerprint density at radius 1 is 0.449 bits per heavy atom. The van der Waals surface area contributed by atoms with Crippen LogP contribution in [0.5, 0.6) is 0 Å². The number of aryl methyl sites for hydroxylation is 1. The first-order valence-electron chi connectivity index (χ1n) is 25.4. The van der Waals surface area contributed by atoms with Crippen LogP contribution in [-0.2, 0) is 21.7 Å². The van der Waals surface area contributed by atoms with Gasteiger partial charge in [0, 0.05) is 50.8 Å². The first-order valence-corrected chi connectivity index (χ1v) is 25.4. The third-order valence-corrected chi connectivity index (χ3v) is 17.3. The lowest BCUT2D eigenvalue weighted by molar-refractivity contribution is 0.331. The van der Waals surface area contributed by atoms with Crippen molar-refractivity contribution in [2.24, 2.45) is 0 Å². The van der Waals surface area contributed by atoms with Crippen LogP contribution < -0.4 is 20.6 Å². The van der Waals surface area contributed by atoms with Crippen molar-refractivity contribution in [1.82, 2.24) is 0 Å². The van der Waals surface area contributed by atoms with E-state index in [1.54, 1.807) is 0 Å². The molecule has 0 spiro atoms. The van der Waals surface area contributed by atoms with Crippen LogP contribution in [0.1, 0.15) is 109 Å². The Kier molecular flexibility index (Phi) is 8.97. The zero-order valence-corrected chi connectivity index (χ0v) is 41.7. The number of para-hydroxylation sites is 1. The van der Waals surface area contributed by atoms with E-state index in [2.05, 4.69) is 230 Å². The molecule has 13 rings (SSSR count). The van der Waals surface area contributed by atoms with Crippen molar-refractivity contribution in [3.05, 3.63) is 186 Å². The normalized spacial score (nSPS) is 17.8. The molecule has 0 atom stereocenters. The highest BCUT2D eigenvalue weighted by molar-refractivity contribution is 6.94. The number of nitrogens with zero attached hydrogens (tertiary/aromatic N) is 2. The first-order chi connectivity index (χ1) is 33.1. The fourth-order valence-corrected chi connectivity index (χ4v) is 13.1. The van der Waals surface area contributed by atoms with Gasteiger partial charge in [-0.15, -0.1) is 0 Å². The molecule has 340 valence electrons. The highest BCUT2D eigenvalue weighted by atomic mass is 16.3. The van der Waals surface area contributed by atoms with E-state index in [-0.39, 0.29) is 28.5 Å². The van der Waals surface area contributed by atoms with Gasteiger partial charge >= 0.3 is 6.85 Å². The molecule has 0 fully saturated rings. The number of benzene rings is 8. The van der Waals surface area contributed by atoms with Crippen molar-refractivity contribution < 1.29 is 4.42 Å². The summed E-state index contributed by atoms with van der Waals surface area (Å²) in [6.45, 7) is 22.0. The standard InChI is InChI=1S/C65H61BN2O/c1-40-34-48-50(64(6,7)32-30-62(48,2)3)37-54(40)67-55-38-51-49(63(4,5)31-33-65(51,8)9)36-52(55)66-61-56(67)39-58-59(46-22-16-17-23-57(46)69-58)60(61)47-35-44(42-20-14-11-15-21-42)26-29-53(47)68(66)45-27-24-43(25-28-45)41-18-12-10-13-19-41/h10-29,34-39H,30-33H2,1-9H3. The molecule has 0 amide bonds. The van der Waals surface area contributed by atoms with E-state index in [0.717, 1.165) is 35.8 Å². The average Bonchev–Trinajstić information content (AvgIpc) is 3.73. The summed E-state index contributed by atoms with van der Waals surface area (Å²) in [6, 6.07) is 59.8. The van der Waals surface area contributed by atoms with Gasteiger partial charge in [-0.2, -0.15) is 0 Å². The van der Waals surface area contributed by atoms with E-state index in [1.807, 2.05) is 0 Å². The van der Waals surface area contributed by atoms with Crippen LogP contribution in [0.15, 0.2) is 162 Å². The molecule has 2 aliphatic carbocycles. The number of rotatable bonds is 4. The SMILES string of the molecule is Cc1cc2c(cc1N1c3cc4c(cc3B3c5c1cc1oc6ccccc6c1c5-c1cc(-c5ccccc5)ccc1N3c1ccc(-c3ccccc3)cc1)C(C)(C)CCC4(C)C)C(C)(C)CCC2(C)C. The van der Waals surface area contributed by atoms with E-state index in [0.29, 0.717) is 0 Å². The fraction of sp³-hybridized carbons (Fsp3) is 0.262. The highest BCUT2D eigenvalue weighted by Crippen LogP contribution is 2.56. The third-order valence-electron chi connectivity index (χ3n) is 17.3. The van der Waals surface area contributed by atoms with Gasteiger partial charge in [-0.1, -0.05) is 165 Å². The predicted molar refractivity (Wildman–Crippen MR) is 294 cm³/mol. The second kappa shape index (κ2) is 14.6. The van der Waals surface area contributed by atoms with Gasteiger partial charge in [0.1, 0.15) is 11.2 Å². The summed E-state index contributed by atoms with van der Waals surface area (Å²) in [5.74, 6) is 0. The maximum Gasteiger partial charge on any atom is 0.333 e. The Labute approximate surface area is 408 Å². The molecule has 2 aliphatic heterocycles. The smallest absolute Gasteiger partial charge is 0.333 e. The lowest BCUT2D eigenvalue weighted by Crippen LogP contribution is -2.62. The second-order valence-electron chi connectivity index (χ2n) is 23.5. The number of hydrogen-bond acceptors (Lipinski definition) is 3. The van der Waals surface area contributed by atoms with Gasteiger partial charge < -0.3 is 14.1 Å². The first kappa shape index (κ1) is 42.3. The molecule has 0 saturated heterocycles. The predicted octanol–water partition coefficient (Wildman–Crippen LogP) is 16.6. The third kappa shape index (κ3) is 6.26. The van der Waals surface area contributed by atoms with Gasteiger partial charge in [0.15, 0.2) is 0 Å². The van der Waals surface area contributed by atoms with Crippen molar-refractivity contribution in [3.8, 4) is 33.4 Å². The molecule has 4 aliphatic rings. The zero-order valence-electron chi connectivity index (χ0n) is 41.7. The van der Waals surface area contributed by atoms with Gasteiger partial charge in [-0.3, -0.25) is 0 Å². The van der Waals surface area contributed by atoms with Gasteiger partial charge in [0.05, 0.1) is 0 Å². The van der Waals surface area contributed by atoms with Gasteiger partial charge in [0.2, 0.25) is 0 Å². The monoisotopic (exact) mass is 896 g/mol. The quantitative estimate of drug-likeness (QED) is 0.164. The molecule has 0 N–H and O–H groups in total. The molecule has 9 aromatic rings. The molecular formula is C65H61BN2O. The summed E-state index contributed by atoms with van der Waals surface area (Å²) in [4.78, 5) is 5.37. The van der Waals surface area contributed by atoms with Crippen LogP contribution >= 0.6 is 0 Å². The number of fused-ring (bicyclic) bond motifs is 10. The summed E-state index contributed by atoms with van der Waals surface area (Å²) in [6.07, 6.45) is 4.63. The van der Waals surface area contributed by atoms with Gasteiger partial charge in [0.25, 0.3) is 0 Å². The van der Waals surface area contributed by atoms with Crippen molar-refractivity contribution in [2.75, 3.05) is 9.71 Å². The van der Waals surface area contributed by atoms with E-state index < -0.39 is 0 Å². The van der Waals surface area contributed by atoms with Crippen LogP contribution in [0, 0.1) is 6.92 Å². The maximum atomic E-state index is 7.08. The molecule has 0 unspecified atom stereocenters. The molecule has 4 heteroatoms. The fourth-order valence-electron chi connectivity index (χ4n) is 13.1. The Balaban J connectivity index is 1.19. The Hall–Kier alpha value is -6.78. The second-order valence-corrected chi connectivity index (χ2v) is 23.5. The van der Waals surface area contributed by atoms with Gasteiger partial charge in [-0.25, -0.2) is 0 Å².